The third-order valence-electron chi connectivity index (χ3n) is 2.41. The number of aromatic carboxylic acids is 1. The first-order chi connectivity index (χ1) is 8.19. The molecule has 1 N–H and O–H groups in total. The highest BCUT2D eigenvalue weighted by Gasteiger charge is 2.21. The van der Waals surface area contributed by atoms with E-state index in [1.54, 1.807) is 5.38 Å². The minimum absolute atomic E-state index is 0.102. The fraction of sp³-hybridized carbons (Fsp3) is 0.500. The van der Waals surface area contributed by atoms with Gasteiger partial charge in [-0.2, -0.15) is 5.26 Å². The van der Waals surface area contributed by atoms with Crippen molar-refractivity contribution in [2.75, 3.05) is 19.7 Å². The maximum atomic E-state index is 10.7. The molecule has 17 heavy (non-hydrogen) atoms. The lowest BCUT2D eigenvalue weighted by molar-refractivity contribution is -0.00308. The van der Waals surface area contributed by atoms with Gasteiger partial charge in [0.05, 0.1) is 18.4 Å². The summed E-state index contributed by atoms with van der Waals surface area (Å²) in [5.41, 5.74) is 0.728. The molecule has 0 saturated carbocycles. The van der Waals surface area contributed by atoms with Gasteiger partial charge in [0.25, 0.3) is 0 Å². The van der Waals surface area contributed by atoms with Gasteiger partial charge in [0, 0.05) is 25.0 Å². The van der Waals surface area contributed by atoms with Crippen molar-refractivity contribution in [3.63, 3.8) is 0 Å². The topological polar surface area (TPSA) is 86.5 Å². The first-order valence-corrected chi connectivity index (χ1v) is 5.98. The summed E-state index contributed by atoms with van der Waals surface area (Å²) in [5.74, 6) is -1.00. The molecule has 0 amide bonds. The zero-order valence-corrected chi connectivity index (χ0v) is 9.81. The van der Waals surface area contributed by atoms with Crippen LogP contribution in [0.15, 0.2) is 5.38 Å². The van der Waals surface area contributed by atoms with Gasteiger partial charge in [-0.25, -0.2) is 9.78 Å². The molecule has 1 aromatic heterocycles. The van der Waals surface area contributed by atoms with Crippen LogP contribution < -0.4 is 0 Å². The Balaban J connectivity index is 1.96. The Bertz CT molecular complexity index is 454. The van der Waals surface area contributed by atoms with E-state index in [1.807, 2.05) is 4.90 Å². The zero-order valence-electron chi connectivity index (χ0n) is 9.00. The Morgan fingerprint density at radius 3 is 3.29 bits per heavy atom. The van der Waals surface area contributed by atoms with Crippen molar-refractivity contribution in [3.8, 4) is 6.07 Å². The maximum absolute atomic E-state index is 10.7. The van der Waals surface area contributed by atoms with Gasteiger partial charge in [0.1, 0.15) is 0 Å². The third kappa shape index (κ3) is 3.00. The largest absolute Gasteiger partial charge is 0.476 e. The van der Waals surface area contributed by atoms with Gasteiger partial charge in [-0.1, -0.05) is 0 Å². The van der Waals surface area contributed by atoms with Crippen molar-refractivity contribution in [3.05, 3.63) is 16.1 Å². The Labute approximate surface area is 102 Å². The quantitative estimate of drug-likeness (QED) is 0.847. The van der Waals surface area contributed by atoms with Crippen LogP contribution in [0.5, 0.6) is 0 Å². The number of thiazole rings is 1. The molecule has 1 atom stereocenters. The summed E-state index contributed by atoms with van der Waals surface area (Å²) in [6, 6.07) is 2.07. The van der Waals surface area contributed by atoms with Crippen molar-refractivity contribution >= 4 is 17.3 Å². The van der Waals surface area contributed by atoms with Crippen molar-refractivity contribution < 1.29 is 14.6 Å². The number of morpholine rings is 1. The molecule has 1 aliphatic heterocycles. The predicted octanol–water partition coefficient (Wildman–Crippen LogP) is 0.566. The van der Waals surface area contributed by atoms with Crippen molar-refractivity contribution in [1.82, 2.24) is 9.88 Å². The molecule has 90 valence electrons. The van der Waals surface area contributed by atoms with Crippen molar-refractivity contribution in [1.29, 1.82) is 5.26 Å². The van der Waals surface area contributed by atoms with Gasteiger partial charge in [-0.15, -0.1) is 11.3 Å². The van der Waals surface area contributed by atoms with E-state index in [-0.39, 0.29) is 5.01 Å². The molecule has 2 rings (SSSR count). The summed E-state index contributed by atoms with van der Waals surface area (Å²) in [4.78, 5) is 16.7. The number of hydrogen-bond donors (Lipinski definition) is 1. The molecule has 1 unspecified atom stereocenters. The lowest BCUT2D eigenvalue weighted by Crippen LogP contribution is -2.41. The lowest BCUT2D eigenvalue weighted by atomic mass is 10.3. The Morgan fingerprint density at radius 1 is 1.82 bits per heavy atom. The predicted molar refractivity (Wildman–Crippen MR) is 59.7 cm³/mol. The molecule has 0 radical (unpaired) electrons. The maximum Gasteiger partial charge on any atom is 0.365 e. The molecule has 0 bridgehead atoms. The average Bonchev–Trinajstić information content (AvgIpc) is 2.78. The second-order valence-electron chi connectivity index (χ2n) is 3.67. The molecule has 6 nitrogen and oxygen atoms in total. The molecule has 0 spiro atoms. The van der Waals surface area contributed by atoms with Crippen LogP contribution in [0.4, 0.5) is 0 Å². The van der Waals surface area contributed by atoms with Gasteiger partial charge < -0.3 is 9.84 Å². The molecular weight excluding hydrogens is 242 g/mol. The molecule has 0 aliphatic carbocycles. The van der Waals surface area contributed by atoms with Crippen LogP contribution in [-0.2, 0) is 11.3 Å². The summed E-state index contributed by atoms with van der Waals surface area (Å²) in [7, 11) is 0. The smallest absolute Gasteiger partial charge is 0.365 e. The van der Waals surface area contributed by atoms with Crippen molar-refractivity contribution in [2.45, 2.75) is 12.6 Å². The number of aromatic nitrogens is 1. The molecule has 1 fully saturated rings. The van der Waals surface area contributed by atoms with Crippen molar-refractivity contribution in [2.24, 2.45) is 0 Å². The van der Waals surface area contributed by atoms with Gasteiger partial charge >= 0.3 is 5.97 Å². The van der Waals surface area contributed by atoms with E-state index < -0.39 is 12.1 Å². The molecule has 0 aromatic carbocycles. The molecular formula is C10H11N3O3S. The number of carboxylic acid groups (broad SMARTS) is 1. The Kier molecular flexibility index (Phi) is 3.68. The number of nitriles is 1. The van der Waals surface area contributed by atoms with Crippen LogP contribution in [-0.4, -0.2) is 46.8 Å². The van der Waals surface area contributed by atoms with E-state index in [2.05, 4.69) is 11.1 Å². The first kappa shape index (κ1) is 12.0. The SMILES string of the molecule is N#CC1CN(Cc2csc(C(=O)O)n2)CCO1. The summed E-state index contributed by atoms with van der Waals surface area (Å²) < 4.78 is 5.22. The van der Waals surface area contributed by atoms with Gasteiger partial charge in [0.2, 0.25) is 5.01 Å². The first-order valence-electron chi connectivity index (χ1n) is 5.10. The Morgan fingerprint density at radius 2 is 2.65 bits per heavy atom. The van der Waals surface area contributed by atoms with E-state index in [0.717, 1.165) is 23.6 Å². The summed E-state index contributed by atoms with van der Waals surface area (Å²) in [6.45, 7) is 2.36. The normalized spacial score (nSPS) is 21.0. The molecule has 2 heterocycles. The average molecular weight is 253 g/mol. The van der Waals surface area contributed by atoms with Gasteiger partial charge in [0.15, 0.2) is 6.10 Å². The van der Waals surface area contributed by atoms with E-state index in [1.165, 1.54) is 0 Å². The van der Waals surface area contributed by atoms with E-state index in [9.17, 15) is 4.79 Å². The van der Waals surface area contributed by atoms with Gasteiger partial charge in [-0.05, 0) is 0 Å². The number of ether oxygens (including phenoxy) is 1. The summed E-state index contributed by atoms with van der Waals surface area (Å²) >= 11 is 1.12. The van der Waals surface area contributed by atoms with Crippen LogP contribution in [0.1, 0.15) is 15.5 Å². The highest BCUT2D eigenvalue weighted by molar-refractivity contribution is 7.11. The van der Waals surface area contributed by atoms with E-state index in [0.29, 0.717) is 19.7 Å². The Hall–Kier alpha value is -1.49. The number of carbonyl (C=O) groups is 1. The molecule has 1 aliphatic rings. The molecule has 7 heteroatoms. The summed E-state index contributed by atoms with van der Waals surface area (Å²) in [6.07, 6.45) is -0.402. The van der Waals surface area contributed by atoms with Gasteiger partial charge in [-0.3, -0.25) is 4.90 Å². The second kappa shape index (κ2) is 5.23. The summed E-state index contributed by atoms with van der Waals surface area (Å²) in [5, 5.41) is 19.4. The fourth-order valence-electron chi connectivity index (χ4n) is 1.63. The standard InChI is InChI=1S/C10H11N3O3S/c11-3-8-5-13(1-2-16-8)4-7-6-17-9(12-7)10(14)15/h6,8H,1-2,4-5H2,(H,14,15). The molecule has 1 aromatic rings. The third-order valence-corrected chi connectivity index (χ3v) is 3.29. The minimum Gasteiger partial charge on any atom is -0.476 e. The van der Waals surface area contributed by atoms with E-state index in [4.69, 9.17) is 15.1 Å². The van der Waals surface area contributed by atoms with Crippen LogP contribution >= 0.6 is 11.3 Å². The molecule has 1 saturated heterocycles. The minimum atomic E-state index is -1.00. The van der Waals surface area contributed by atoms with Crippen LogP contribution in [0.25, 0.3) is 0 Å². The fourth-order valence-corrected chi connectivity index (χ4v) is 2.28. The monoisotopic (exact) mass is 253 g/mol. The lowest BCUT2D eigenvalue weighted by Gasteiger charge is -2.28. The second-order valence-corrected chi connectivity index (χ2v) is 4.53. The van der Waals surface area contributed by atoms with Crippen LogP contribution in [0.2, 0.25) is 0 Å². The number of nitrogens with zero attached hydrogens (tertiary/aromatic N) is 3. The number of rotatable bonds is 3. The number of hydrogen-bond acceptors (Lipinski definition) is 6. The van der Waals surface area contributed by atoms with E-state index >= 15 is 0 Å². The zero-order chi connectivity index (χ0) is 12.3. The van der Waals surface area contributed by atoms with Crippen LogP contribution in [0, 0.1) is 11.3 Å². The highest BCUT2D eigenvalue weighted by Crippen LogP contribution is 2.13. The highest BCUT2D eigenvalue weighted by atomic mass is 32.1. The number of carboxylic acids is 1. The van der Waals surface area contributed by atoms with Crippen LogP contribution in [0.3, 0.4) is 0 Å².